The number of amidine groups is 1. The molecule has 33 heavy (non-hydrogen) atoms. The predicted octanol–water partition coefficient (Wildman–Crippen LogP) is 4.98. The van der Waals surface area contributed by atoms with Gasteiger partial charge in [-0.1, -0.05) is 30.3 Å². The van der Waals surface area contributed by atoms with Gasteiger partial charge in [-0.05, 0) is 80.5 Å². The molecule has 1 amide bonds. The number of nitrogens with zero attached hydrogens (tertiary/aromatic N) is 5. The van der Waals surface area contributed by atoms with Crippen LogP contribution >= 0.6 is 11.8 Å². The molecule has 0 aliphatic carbocycles. The number of aliphatic imine (C=N–C) groups is 1. The second-order valence-electron chi connectivity index (χ2n) is 7.22. The quantitative estimate of drug-likeness (QED) is 0.423. The first-order valence-corrected chi connectivity index (χ1v) is 10.7. The van der Waals surface area contributed by atoms with Crippen molar-refractivity contribution >= 4 is 74.9 Å². The monoisotopic (exact) mass is 466 g/mol. The number of benzene rings is 3. The van der Waals surface area contributed by atoms with E-state index in [0.717, 1.165) is 33.3 Å². The minimum atomic E-state index is -0.249. The molecule has 2 heterocycles. The number of rotatable bonds is 5. The summed E-state index contributed by atoms with van der Waals surface area (Å²) in [5, 5.41) is 20.8. The van der Waals surface area contributed by atoms with Crippen molar-refractivity contribution in [2.24, 2.45) is 25.7 Å². The summed E-state index contributed by atoms with van der Waals surface area (Å²) in [6.07, 6.45) is 2.27. The van der Waals surface area contributed by atoms with Gasteiger partial charge in [0.15, 0.2) is 11.3 Å². The number of carbonyl (C=O) groups is 1. The first kappa shape index (κ1) is 23.3. The van der Waals surface area contributed by atoms with E-state index in [1.807, 2.05) is 66.7 Å². The Morgan fingerprint density at radius 2 is 1.73 bits per heavy atom. The van der Waals surface area contributed by atoms with E-state index in [2.05, 4.69) is 31.0 Å². The molecule has 160 valence electrons. The average Bonchev–Trinajstić information content (AvgIpc) is 3.44. The molecule has 5 rings (SSSR count). The molecule has 0 bridgehead atoms. The van der Waals surface area contributed by atoms with Gasteiger partial charge in [-0.25, -0.2) is 0 Å². The molecule has 10 heteroatoms. The van der Waals surface area contributed by atoms with E-state index < -0.39 is 0 Å². The number of methoxy groups -OCH3 is 1. The van der Waals surface area contributed by atoms with E-state index >= 15 is 0 Å². The maximum absolute atomic E-state index is 12.4. The van der Waals surface area contributed by atoms with Crippen molar-refractivity contribution in [1.29, 1.82) is 0 Å². The topological polar surface area (TPSA) is 100 Å². The Labute approximate surface area is 216 Å². The second-order valence-corrected chi connectivity index (χ2v) is 8.25. The maximum atomic E-state index is 12.4. The van der Waals surface area contributed by atoms with Crippen LogP contribution < -0.4 is 10.1 Å². The van der Waals surface area contributed by atoms with Crippen molar-refractivity contribution in [2.75, 3.05) is 12.4 Å². The molecule has 8 nitrogen and oxygen atoms in total. The molecular formula is C23H19N6NaO2S. The molecule has 0 fully saturated rings. The first-order chi connectivity index (χ1) is 15.7. The predicted molar refractivity (Wildman–Crippen MR) is 133 cm³/mol. The average molecular weight is 467 g/mol. The zero-order valence-corrected chi connectivity index (χ0v) is 17.9. The molecule has 0 unspecified atom stereocenters. The van der Waals surface area contributed by atoms with Gasteiger partial charge < -0.3 is 10.1 Å². The molecule has 0 spiro atoms. The van der Waals surface area contributed by atoms with Gasteiger partial charge in [0, 0.05) is 12.1 Å². The van der Waals surface area contributed by atoms with E-state index in [4.69, 9.17) is 4.74 Å². The molecule has 3 aromatic carbocycles. The molecule has 3 aromatic rings. The molecule has 0 atom stereocenters. The van der Waals surface area contributed by atoms with Crippen molar-refractivity contribution in [3.8, 4) is 5.75 Å². The number of amides is 1. The third-order valence-electron chi connectivity index (χ3n) is 5.02. The number of hydrogen-bond acceptors (Lipinski definition) is 8. The SMILES string of the molecule is COc1ccc2cc(C=C3SC(Nc4ccc(CC5N=NN=N5)cc4)=NC3=O)ccc2c1.[NaH]. The first-order valence-electron chi connectivity index (χ1n) is 9.92. The van der Waals surface area contributed by atoms with Gasteiger partial charge in [-0.15, -0.1) is 10.2 Å². The van der Waals surface area contributed by atoms with Crippen molar-refractivity contribution in [2.45, 2.75) is 12.6 Å². The van der Waals surface area contributed by atoms with Crippen LogP contribution in [0, 0.1) is 0 Å². The standard InChI is InChI=1S/C23H18N6O2S.Na.H/c1-31-19-9-6-16-10-15(2-5-17(16)13-19)11-20-22(30)25-23(32-20)24-18-7-3-14(4-8-18)12-21-26-28-29-27-21;;/h2-11,13,21H,12H2,1H3,(H,24,25,30);;. The van der Waals surface area contributed by atoms with Crippen LogP contribution in [0.1, 0.15) is 11.1 Å². The number of carbonyl (C=O) groups excluding carboxylic acids is 1. The Hall–Kier alpha value is -2.85. The van der Waals surface area contributed by atoms with Crippen molar-refractivity contribution < 1.29 is 9.53 Å². The number of hydrogen-bond donors (Lipinski definition) is 1. The second kappa shape index (κ2) is 10.4. The van der Waals surface area contributed by atoms with Crippen molar-refractivity contribution in [1.82, 2.24) is 0 Å². The Balaban J connectivity index is 0.00000259. The fourth-order valence-corrected chi connectivity index (χ4v) is 4.24. The molecule has 0 saturated heterocycles. The number of nitrogens with one attached hydrogen (secondary N) is 1. The zero-order chi connectivity index (χ0) is 21.9. The van der Waals surface area contributed by atoms with E-state index in [9.17, 15) is 4.79 Å². The minimum absolute atomic E-state index is 0. The summed E-state index contributed by atoms with van der Waals surface area (Å²) in [4.78, 5) is 17.1. The van der Waals surface area contributed by atoms with Crippen molar-refractivity contribution in [3.05, 3.63) is 76.7 Å². The van der Waals surface area contributed by atoms with Crippen LogP contribution in [-0.2, 0) is 11.2 Å². The summed E-state index contributed by atoms with van der Waals surface area (Å²) < 4.78 is 5.27. The molecular weight excluding hydrogens is 447 g/mol. The Morgan fingerprint density at radius 1 is 1.00 bits per heavy atom. The van der Waals surface area contributed by atoms with Gasteiger partial charge in [-0.2, -0.15) is 4.99 Å². The molecule has 0 saturated carbocycles. The van der Waals surface area contributed by atoms with E-state index in [0.29, 0.717) is 16.5 Å². The summed E-state index contributed by atoms with van der Waals surface area (Å²) in [7, 11) is 1.65. The van der Waals surface area contributed by atoms with Crippen molar-refractivity contribution in [3.63, 3.8) is 0 Å². The summed E-state index contributed by atoms with van der Waals surface area (Å²) in [6.45, 7) is 0. The molecule has 2 aliphatic rings. The molecule has 0 aromatic heterocycles. The van der Waals surface area contributed by atoms with E-state index in [-0.39, 0.29) is 41.6 Å². The van der Waals surface area contributed by atoms with Gasteiger partial charge in [0.1, 0.15) is 5.75 Å². The van der Waals surface area contributed by atoms with Crippen LogP contribution in [0.5, 0.6) is 5.75 Å². The van der Waals surface area contributed by atoms with Crippen LogP contribution in [0.15, 0.2) is 91.2 Å². The Kier molecular flexibility index (Phi) is 7.34. The van der Waals surface area contributed by atoms with Crippen LogP contribution in [0.2, 0.25) is 0 Å². The van der Waals surface area contributed by atoms with Gasteiger partial charge >= 0.3 is 29.6 Å². The van der Waals surface area contributed by atoms with Crippen LogP contribution in [0.4, 0.5) is 5.69 Å². The number of fused-ring (bicyclic) bond motifs is 1. The Bertz CT molecular complexity index is 1310. The normalized spacial score (nSPS) is 16.3. The summed E-state index contributed by atoms with van der Waals surface area (Å²) >= 11 is 1.33. The van der Waals surface area contributed by atoms with Crippen LogP contribution in [-0.4, -0.2) is 53.9 Å². The van der Waals surface area contributed by atoms with E-state index in [1.165, 1.54) is 11.8 Å². The van der Waals surface area contributed by atoms with Gasteiger partial charge in [0.25, 0.3) is 5.91 Å². The Morgan fingerprint density at radius 3 is 2.48 bits per heavy atom. The number of thioether (sulfide) groups is 1. The summed E-state index contributed by atoms with van der Waals surface area (Å²) in [5.74, 6) is 0.567. The number of anilines is 1. The zero-order valence-electron chi connectivity index (χ0n) is 17.1. The third-order valence-corrected chi connectivity index (χ3v) is 5.92. The summed E-state index contributed by atoms with van der Waals surface area (Å²) in [6, 6.07) is 19.8. The molecule has 0 radical (unpaired) electrons. The van der Waals surface area contributed by atoms with Gasteiger partial charge in [0.05, 0.1) is 12.0 Å². The van der Waals surface area contributed by atoms with E-state index in [1.54, 1.807) is 7.11 Å². The fraction of sp³-hybridized carbons (Fsp3) is 0.130. The molecule has 1 N–H and O–H groups in total. The van der Waals surface area contributed by atoms with Gasteiger partial charge in [-0.3, -0.25) is 4.79 Å². The number of ether oxygens (including phenoxy) is 1. The van der Waals surface area contributed by atoms with Crippen LogP contribution in [0.3, 0.4) is 0 Å². The van der Waals surface area contributed by atoms with Crippen LogP contribution in [0.25, 0.3) is 16.8 Å². The van der Waals surface area contributed by atoms with Gasteiger partial charge in [0.2, 0.25) is 0 Å². The fourth-order valence-electron chi connectivity index (χ4n) is 3.40. The third kappa shape index (κ3) is 5.56. The summed E-state index contributed by atoms with van der Waals surface area (Å²) in [5.41, 5.74) is 2.87. The molecule has 2 aliphatic heterocycles.